The molecule has 2 fully saturated rings. The van der Waals surface area contributed by atoms with Crippen molar-refractivity contribution < 1.29 is 4.79 Å². The fourth-order valence-electron chi connectivity index (χ4n) is 3.83. The van der Waals surface area contributed by atoms with E-state index in [1.165, 1.54) is 25.7 Å². The van der Waals surface area contributed by atoms with Gasteiger partial charge in [0.2, 0.25) is 5.91 Å². The summed E-state index contributed by atoms with van der Waals surface area (Å²) in [5, 5.41) is 3.60. The Kier molecular flexibility index (Phi) is 5.70. The fraction of sp³-hybridized carbons (Fsp3) is 0.944. The van der Waals surface area contributed by atoms with Crippen molar-refractivity contribution in [1.29, 1.82) is 0 Å². The lowest BCUT2D eigenvalue weighted by Gasteiger charge is -2.33. The summed E-state index contributed by atoms with van der Waals surface area (Å²) in [5.41, 5.74) is 0. The van der Waals surface area contributed by atoms with Crippen LogP contribution in [0.15, 0.2) is 0 Å². The molecule has 2 atom stereocenters. The molecule has 1 aliphatic carbocycles. The normalized spacial score (nSPS) is 34.2. The molecule has 1 amide bonds. The molecule has 1 saturated heterocycles. The van der Waals surface area contributed by atoms with Crippen LogP contribution in [0.4, 0.5) is 0 Å². The smallest absolute Gasteiger partial charge is 0.241 e. The van der Waals surface area contributed by atoms with Crippen LogP contribution in [0, 0.1) is 23.7 Å². The van der Waals surface area contributed by atoms with Gasteiger partial charge in [-0.1, -0.05) is 47.5 Å². The van der Waals surface area contributed by atoms with Crippen molar-refractivity contribution in [2.45, 2.75) is 78.9 Å². The minimum Gasteiger partial charge on any atom is -0.326 e. The minimum atomic E-state index is 0.0243. The van der Waals surface area contributed by atoms with Crippen LogP contribution >= 0.6 is 0 Å². The Labute approximate surface area is 130 Å². The molecular formula is C18H34N2O. The Hall–Kier alpha value is -0.570. The summed E-state index contributed by atoms with van der Waals surface area (Å²) in [5.74, 6) is 2.93. The Morgan fingerprint density at radius 2 is 1.76 bits per heavy atom. The number of nitrogens with one attached hydrogen (secondary N) is 1. The number of amides is 1. The Bertz CT molecular complexity index is 345. The van der Waals surface area contributed by atoms with E-state index in [0.29, 0.717) is 23.7 Å². The molecule has 21 heavy (non-hydrogen) atoms. The second-order valence-electron chi connectivity index (χ2n) is 8.15. The lowest BCUT2D eigenvalue weighted by molar-refractivity contribution is -0.131. The molecule has 3 nitrogen and oxygen atoms in total. The SMILES string of the molecule is CC(C)CC1NC(C(C)C)C(=O)N1CC1CCC(C)CC1. The third kappa shape index (κ3) is 4.21. The third-order valence-corrected chi connectivity index (χ3v) is 5.25. The zero-order valence-corrected chi connectivity index (χ0v) is 14.6. The van der Waals surface area contributed by atoms with Crippen LogP contribution in [-0.4, -0.2) is 29.6 Å². The van der Waals surface area contributed by atoms with Crippen LogP contribution in [0.3, 0.4) is 0 Å². The fourth-order valence-corrected chi connectivity index (χ4v) is 3.83. The van der Waals surface area contributed by atoms with Crippen LogP contribution in [0.2, 0.25) is 0 Å². The zero-order valence-electron chi connectivity index (χ0n) is 14.6. The monoisotopic (exact) mass is 294 g/mol. The van der Waals surface area contributed by atoms with Crippen LogP contribution in [0.25, 0.3) is 0 Å². The average Bonchev–Trinajstić information content (AvgIpc) is 2.69. The lowest BCUT2D eigenvalue weighted by Crippen LogP contribution is -2.41. The molecular weight excluding hydrogens is 260 g/mol. The number of hydrogen-bond donors (Lipinski definition) is 1. The Morgan fingerprint density at radius 3 is 2.29 bits per heavy atom. The van der Waals surface area contributed by atoms with Crippen molar-refractivity contribution in [3.63, 3.8) is 0 Å². The standard InChI is InChI=1S/C18H34N2O/c1-12(2)10-16-19-17(13(3)4)18(21)20(16)11-15-8-6-14(5)7-9-15/h12-17,19H,6-11H2,1-5H3. The van der Waals surface area contributed by atoms with E-state index in [2.05, 4.69) is 44.8 Å². The molecule has 0 spiro atoms. The van der Waals surface area contributed by atoms with E-state index in [9.17, 15) is 4.79 Å². The topological polar surface area (TPSA) is 32.3 Å². The summed E-state index contributed by atoms with van der Waals surface area (Å²) in [6, 6.07) is 0.0243. The molecule has 2 aliphatic rings. The van der Waals surface area contributed by atoms with Crippen molar-refractivity contribution >= 4 is 5.91 Å². The average molecular weight is 294 g/mol. The van der Waals surface area contributed by atoms with Crippen molar-refractivity contribution in [3.05, 3.63) is 0 Å². The molecule has 0 aromatic heterocycles. The maximum absolute atomic E-state index is 12.7. The lowest BCUT2D eigenvalue weighted by atomic mass is 9.82. The van der Waals surface area contributed by atoms with E-state index in [1.54, 1.807) is 0 Å². The minimum absolute atomic E-state index is 0.0243. The second kappa shape index (κ2) is 7.13. The van der Waals surface area contributed by atoms with Gasteiger partial charge in [-0.25, -0.2) is 0 Å². The van der Waals surface area contributed by atoms with Crippen LogP contribution < -0.4 is 5.32 Å². The van der Waals surface area contributed by atoms with Gasteiger partial charge in [0.1, 0.15) is 0 Å². The summed E-state index contributed by atoms with van der Waals surface area (Å²) < 4.78 is 0. The molecule has 0 aromatic carbocycles. The van der Waals surface area contributed by atoms with Crippen molar-refractivity contribution in [1.82, 2.24) is 10.2 Å². The van der Waals surface area contributed by atoms with Crippen LogP contribution in [0.5, 0.6) is 0 Å². The highest BCUT2D eigenvalue weighted by Crippen LogP contribution is 2.31. The van der Waals surface area contributed by atoms with Gasteiger partial charge in [0, 0.05) is 6.54 Å². The van der Waals surface area contributed by atoms with E-state index >= 15 is 0 Å². The second-order valence-corrected chi connectivity index (χ2v) is 8.15. The summed E-state index contributed by atoms with van der Waals surface area (Å²) in [4.78, 5) is 14.9. The summed E-state index contributed by atoms with van der Waals surface area (Å²) >= 11 is 0. The summed E-state index contributed by atoms with van der Waals surface area (Å²) in [7, 11) is 0. The molecule has 1 N–H and O–H groups in total. The predicted molar refractivity (Wildman–Crippen MR) is 87.8 cm³/mol. The van der Waals surface area contributed by atoms with E-state index in [-0.39, 0.29) is 12.2 Å². The third-order valence-electron chi connectivity index (χ3n) is 5.25. The van der Waals surface area contributed by atoms with Gasteiger partial charge in [-0.3, -0.25) is 10.1 Å². The number of nitrogens with zero attached hydrogens (tertiary/aromatic N) is 1. The summed E-state index contributed by atoms with van der Waals surface area (Å²) in [6.45, 7) is 12.1. The summed E-state index contributed by atoms with van der Waals surface area (Å²) in [6.07, 6.45) is 6.59. The maximum atomic E-state index is 12.7. The first-order chi connectivity index (χ1) is 9.88. The van der Waals surface area contributed by atoms with Crippen molar-refractivity contribution in [3.8, 4) is 0 Å². The number of hydrogen-bond acceptors (Lipinski definition) is 2. The molecule has 0 aromatic rings. The highest BCUT2D eigenvalue weighted by atomic mass is 16.2. The van der Waals surface area contributed by atoms with Gasteiger partial charge in [0.15, 0.2) is 0 Å². The first kappa shape index (κ1) is 16.8. The van der Waals surface area contributed by atoms with Crippen LogP contribution in [0.1, 0.15) is 66.7 Å². The van der Waals surface area contributed by atoms with E-state index in [0.717, 1.165) is 18.9 Å². The first-order valence-corrected chi connectivity index (χ1v) is 8.95. The van der Waals surface area contributed by atoms with Gasteiger partial charge >= 0.3 is 0 Å². The van der Waals surface area contributed by atoms with Gasteiger partial charge in [-0.05, 0) is 42.9 Å². The Morgan fingerprint density at radius 1 is 1.14 bits per heavy atom. The van der Waals surface area contributed by atoms with Gasteiger partial charge in [-0.2, -0.15) is 0 Å². The number of rotatable bonds is 5. The molecule has 1 saturated carbocycles. The number of carbonyl (C=O) groups is 1. The Balaban J connectivity index is 2.00. The predicted octanol–water partition coefficient (Wildman–Crippen LogP) is 3.64. The largest absolute Gasteiger partial charge is 0.326 e. The van der Waals surface area contributed by atoms with Crippen molar-refractivity contribution in [2.75, 3.05) is 6.54 Å². The van der Waals surface area contributed by atoms with E-state index in [1.807, 2.05) is 0 Å². The molecule has 122 valence electrons. The quantitative estimate of drug-likeness (QED) is 0.839. The highest BCUT2D eigenvalue weighted by Gasteiger charge is 2.41. The van der Waals surface area contributed by atoms with Gasteiger partial charge in [0.05, 0.1) is 12.2 Å². The van der Waals surface area contributed by atoms with Crippen LogP contribution in [-0.2, 0) is 4.79 Å². The molecule has 0 radical (unpaired) electrons. The number of carbonyl (C=O) groups excluding carboxylic acids is 1. The van der Waals surface area contributed by atoms with Gasteiger partial charge in [0.25, 0.3) is 0 Å². The molecule has 2 rings (SSSR count). The van der Waals surface area contributed by atoms with Gasteiger partial charge in [-0.15, -0.1) is 0 Å². The maximum Gasteiger partial charge on any atom is 0.241 e. The zero-order chi connectivity index (χ0) is 15.6. The molecule has 0 bridgehead atoms. The molecule has 1 aliphatic heterocycles. The molecule has 3 heteroatoms. The van der Waals surface area contributed by atoms with E-state index < -0.39 is 0 Å². The first-order valence-electron chi connectivity index (χ1n) is 8.95. The van der Waals surface area contributed by atoms with Gasteiger partial charge < -0.3 is 4.90 Å². The molecule has 2 unspecified atom stereocenters. The van der Waals surface area contributed by atoms with E-state index in [4.69, 9.17) is 0 Å². The molecule has 1 heterocycles. The highest BCUT2D eigenvalue weighted by molar-refractivity contribution is 5.84. The van der Waals surface area contributed by atoms with Crippen molar-refractivity contribution in [2.24, 2.45) is 23.7 Å².